The lowest BCUT2D eigenvalue weighted by molar-refractivity contribution is 0.360. The summed E-state index contributed by atoms with van der Waals surface area (Å²) in [5.41, 5.74) is 2.81. The highest BCUT2D eigenvalue weighted by Crippen LogP contribution is 2.29. The van der Waals surface area contributed by atoms with E-state index < -0.39 is 0 Å². The quantitative estimate of drug-likeness (QED) is 0.905. The number of hydrogen-bond donors (Lipinski definition) is 1. The van der Waals surface area contributed by atoms with Crippen LogP contribution in [0.2, 0.25) is 0 Å². The van der Waals surface area contributed by atoms with E-state index in [1.165, 1.54) is 31.4 Å². The van der Waals surface area contributed by atoms with Crippen LogP contribution in [-0.4, -0.2) is 14.9 Å². The van der Waals surface area contributed by atoms with E-state index in [1.54, 1.807) is 11.3 Å². The van der Waals surface area contributed by atoms with Gasteiger partial charge in [0.15, 0.2) is 4.96 Å². The molecule has 1 aliphatic carbocycles. The lowest BCUT2D eigenvalue weighted by Gasteiger charge is -2.25. The predicted molar refractivity (Wildman–Crippen MR) is 71.5 cm³/mol. The second kappa shape index (κ2) is 4.10. The predicted octanol–water partition coefficient (Wildman–Crippen LogP) is 3.13. The summed E-state index contributed by atoms with van der Waals surface area (Å²) < 4.78 is 2.21. The monoisotopic (exact) mass is 249 g/mol. The van der Waals surface area contributed by atoms with E-state index in [-0.39, 0.29) is 0 Å². The van der Waals surface area contributed by atoms with Gasteiger partial charge >= 0.3 is 0 Å². The van der Waals surface area contributed by atoms with Gasteiger partial charge in [-0.15, -0.1) is 11.3 Å². The normalized spacial score (nSPS) is 19.2. The van der Waals surface area contributed by atoms with Gasteiger partial charge in [-0.3, -0.25) is 4.40 Å². The third-order valence-corrected chi connectivity index (χ3v) is 4.71. The van der Waals surface area contributed by atoms with Gasteiger partial charge in [-0.05, 0) is 26.7 Å². The van der Waals surface area contributed by atoms with E-state index in [1.807, 2.05) is 0 Å². The Kier molecular flexibility index (Phi) is 2.71. The molecule has 2 heterocycles. The number of imidazole rings is 1. The van der Waals surface area contributed by atoms with E-state index in [2.05, 4.69) is 40.1 Å². The summed E-state index contributed by atoms with van der Waals surface area (Å²) in [6.07, 6.45) is 7.45. The van der Waals surface area contributed by atoms with Gasteiger partial charge in [-0.2, -0.15) is 0 Å². The summed E-state index contributed by atoms with van der Waals surface area (Å²) in [6, 6.07) is 0. The SMILES string of the molecule is Cc1nc2sccn2c1CNC1(C)CCCC1. The lowest BCUT2D eigenvalue weighted by atomic mass is 10.0. The number of fused-ring (bicyclic) bond motifs is 1. The highest BCUT2D eigenvalue weighted by Gasteiger charge is 2.28. The molecular formula is C13H19N3S. The Morgan fingerprint density at radius 2 is 2.24 bits per heavy atom. The van der Waals surface area contributed by atoms with Crippen LogP contribution in [0.3, 0.4) is 0 Å². The summed E-state index contributed by atoms with van der Waals surface area (Å²) in [5, 5.41) is 5.83. The van der Waals surface area contributed by atoms with Crippen molar-refractivity contribution in [1.29, 1.82) is 0 Å². The fourth-order valence-electron chi connectivity index (χ4n) is 2.78. The molecule has 92 valence electrons. The third kappa shape index (κ3) is 2.00. The molecule has 2 aromatic heterocycles. The molecule has 1 saturated carbocycles. The van der Waals surface area contributed by atoms with Crippen LogP contribution in [0.15, 0.2) is 11.6 Å². The van der Waals surface area contributed by atoms with Crippen LogP contribution in [0.4, 0.5) is 0 Å². The van der Waals surface area contributed by atoms with Crippen LogP contribution in [0.1, 0.15) is 44.0 Å². The maximum absolute atomic E-state index is 4.58. The van der Waals surface area contributed by atoms with Crippen molar-refractivity contribution < 1.29 is 0 Å². The Bertz CT molecular complexity index is 520. The number of aromatic nitrogens is 2. The van der Waals surface area contributed by atoms with Gasteiger partial charge in [0.2, 0.25) is 0 Å². The summed E-state index contributed by atoms with van der Waals surface area (Å²) in [5.74, 6) is 0. The minimum absolute atomic E-state index is 0.340. The fourth-order valence-corrected chi connectivity index (χ4v) is 3.56. The molecular weight excluding hydrogens is 230 g/mol. The highest BCUT2D eigenvalue weighted by atomic mass is 32.1. The Labute approximate surface area is 106 Å². The number of thiazole rings is 1. The molecule has 0 atom stereocenters. The summed E-state index contributed by atoms with van der Waals surface area (Å²) >= 11 is 1.70. The minimum Gasteiger partial charge on any atom is -0.306 e. The second-order valence-corrected chi connectivity index (χ2v) is 6.19. The molecule has 0 bridgehead atoms. The van der Waals surface area contributed by atoms with Crippen LogP contribution >= 0.6 is 11.3 Å². The smallest absolute Gasteiger partial charge is 0.194 e. The van der Waals surface area contributed by atoms with Crippen molar-refractivity contribution in [2.75, 3.05) is 0 Å². The van der Waals surface area contributed by atoms with Crippen LogP contribution in [0.5, 0.6) is 0 Å². The van der Waals surface area contributed by atoms with Crippen molar-refractivity contribution in [3.63, 3.8) is 0 Å². The van der Waals surface area contributed by atoms with Crippen LogP contribution in [0, 0.1) is 6.92 Å². The zero-order chi connectivity index (χ0) is 11.9. The minimum atomic E-state index is 0.340. The molecule has 3 nitrogen and oxygen atoms in total. The van der Waals surface area contributed by atoms with Gasteiger partial charge in [0.05, 0.1) is 11.4 Å². The summed E-state index contributed by atoms with van der Waals surface area (Å²) in [4.78, 5) is 5.69. The van der Waals surface area contributed by atoms with E-state index in [0.717, 1.165) is 17.2 Å². The molecule has 2 aromatic rings. The molecule has 0 aliphatic heterocycles. The molecule has 0 saturated heterocycles. The van der Waals surface area contributed by atoms with E-state index >= 15 is 0 Å². The van der Waals surface area contributed by atoms with Crippen molar-refractivity contribution in [3.8, 4) is 0 Å². The first-order valence-corrected chi connectivity index (χ1v) is 7.22. The summed E-state index contributed by atoms with van der Waals surface area (Å²) in [7, 11) is 0. The van der Waals surface area contributed by atoms with Crippen LogP contribution in [-0.2, 0) is 6.54 Å². The van der Waals surface area contributed by atoms with Crippen molar-refractivity contribution in [3.05, 3.63) is 23.0 Å². The first-order valence-electron chi connectivity index (χ1n) is 6.34. The fraction of sp³-hybridized carbons (Fsp3) is 0.615. The molecule has 4 heteroatoms. The first-order chi connectivity index (χ1) is 8.18. The van der Waals surface area contributed by atoms with E-state index in [9.17, 15) is 0 Å². The van der Waals surface area contributed by atoms with Crippen molar-refractivity contribution in [2.45, 2.75) is 51.6 Å². The highest BCUT2D eigenvalue weighted by molar-refractivity contribution is 7.15. The Morgan fingerprint density at radius 1 is 1.47 bits per heavy atom. The maximum atomic E-state index is 4.58. The molecule has 0 spiro atoms. The van der Waals surface area contributed by atoms with Crippen LogP contribution < -0.4 is 5.32 Å². The molecule has 3 rings (SSSR count). The van der Waals surface area contributed by atoms with Crippen molar-refractivity contribution in [1.82, 2.24) is 14.7 Å². The molecule has 1 aliphatic rings. The molecule has 1 N–H and O–H groups in total. The summed E-state index contributed by atoms with van der Waals surface area (Å²) in [6.45, 7) is 5.38. The Balaban J connectivity index is 1.80. The molecule has 0 aromatic carbocycles. The van der Waals surface area contributed by atoms with Crippen molar-refractivity contribution in [2.24, 2.45) is 0 Å². The molecule has 0 amide bonds. The molecule has 0 unspecified atom stereocenters. The zero-order valence-electron chi connectivity index (χ0n) is 10.5. The molecule has 17 heavy (non-hydrogen) atoms. The Morgan fingerprint density at radius 3 is 3.00 bits per heavy atom. The first kappa shape index (κ1) is 11.2. The van der Waals surface area contributed by atoms with Crippen molar-refractivity contribution >= 4 is 16.3 Å². The number of rotatable bonds is 3. The second-order valence-electron chi connectivity index (χ2n) is 5.32. The average molecular weight is 249 g/mol. The largest absolute Gasteiger partial charge is 0.306 e. The van der Waals surface area contributed by atoms with Gasteiger partial charge in [0.25, 0.3) is 0 Å². The van der Waals surface area contributed by atoms with Gasteiger partial charge in [0, 0.05) is 23.7 Å². The van der Waals surface area contributed by atoms with Gasteiger partial charge < -0.3 is 5.32 Å². The van der Waals surface area contributed by atoms with Gasteiger partial charge in [-0.1, -0.05) is 12.8 Å². The van der Waals surface area contributed by atoms with E-state index in [4.69, 9.17) is 0 Å². The number of nitrogens with zero attached hydrogens (tertiary/aromatic N) is 2. The molecule has 0 radical (unpaired) electrons. The topological polar surface area (TPSA) is 29.3 Å². The average Bonchev–Trinajstić information content (AvgIpc) is 2.93. The lowest BCUT2D eigenvalue weighted by Crippen LogP contribution is -2.39. The number of nitrogens with one attached hydrogen (secondary N) is 1. The van der Waals surface area contributed by atoms with Gasteiger partial charge in [-0.25, -0.2) is 4.98 Å². The number of aryl methyl sites for hydroxylation is 1. The van der Waals surface area contributed by atoms with Gasteiger partial charge in [0.1, 0.15) is 0 Å². The standard InChI is InChI=1S/C13H19N3S/c1-10-11(16-7-8-17-12(16)15-10)9-14-13(2)5-3-4-6-13/h7-8,14H,3-6,9H2,1-2H3. The zero-order valence-corrected chi connectivity index (χ0v) is 11.3. The molecule has 1 fully saturated rings. The maximum Gasteiger partial charge on any atom is 0.194 e. The van der Waals surface area contributed by atoms with Crippen LogP contribution in [0.25, 0.3) is 4.96 Å². The third-order valence-electron chi connectivity index (χ3n) is 3.95. The number of hydrogen-bond acceptors (Lipinski definition) is 3. The Hall–Kier alpha value is -0.870. The van der Waals surface area contributed by atoms with E-state index in [0.29, 0.717) is 5.54 Å².